The molecule has 1 aromatic heterocycles. The van der Waals surface area contributed by atoms with Crippen molar-refractivity contribution in [3.05, 3.63) is 77.6 Å². The van der Waals surface area contributed by atoms with E-state index in [0.717, 1.165) is 22.7 Å². The lowest BCUT2D eigenvalue weighted by Crippen LogP contribution is -2.16. The molecule has 6 nitrogen and oxygen atoms in total. The molecule has 0 bridgehead atoms. The predicted octanol–water partition coefficient (Wildman–Crippen LogP) is 4.44. The minimum atomic E-state index is -0.971. The van der Waals surface area contributed by atoms with E-state index in [1.54, 1.807) is 6.20 Å². The van der Waals surface area contributed by atoms with Gasteiger partial charge in [0.05, 0.1) is 24.1 Å². The molecule has 29 heavy (non-hydrogen) atoms. The van der Waals surface area contributed by atoms with Gasteiger partial charge in [-0.15, -0.1) is 0 Å². The molecule has 0 amide bonds. The Bertz CT molecular complexity index is 1030. The van der Waals surface area contributed by atoms with Gasteiger partial charge in [-0.2, -0.15) is 0 Å². The summed E-state index contributed by atoms with van der Waals surface area (Å²) in [5, 5.41) is 12.5. The van der Waals surface area contributed by atoms with Crippen LogP contribution in [0.25, 0.3) is 0 Å². The number of rotatable bonds is 6. The van der Waals surface area contributed by atoms with Crippen LogP contribution >= 0.6 is 0 Å². The van der Waals surface area contributed by atoms with Crippen LogP contribution in [0.1, 0.15) is 27.4 Å². The number of hydrogen-bond donors (Lipinski definition) is 2. The van der Waals surface area contributed by atoms with E-state index in [2.05, 4.69) is 64.6 Å². The van der Waals surface area contributed by atoms with E-state index >= 15 is 0 Å². The van der Waals surface area contributed by atoms with Crippen LogP contribution < -0.4 is 15.0 Å². The van der Waals surface area contributed by atoms with E-state index in [0.29, 0.717) is 18.8 Å². The van der Waals surface area contributed by atoms with Gasteiger partial charge in [-0.3, -0.25) is 4.98 Å². The third-order valence-electron chi connectivity index (χ3n) is 5.28. The summed E-state index contributed by atoms with van der Waals surface area (Å²) in [6.07, 6.45) is 3.02. The van der Waals surface area contributed by atoms with Crippen LogP contribution in [0.4, 0.5) is 17.1 Å². The molecule has 4 rings (SSSR count). The first-order valence-corrected chi connectivity index (χ1v) is 9.51. The van der Waals surface area contributed by atoms with Gasteiger partial charge in [0.1, 0.15) is 5.75 Å². The molecule has 0 saturated carbocycles. The monoisotopic (exact) mass is 389 g/mol. The number of benzene rings is 2. The van der Waals surface area contributed by atoms with Crippen molar-refractivity contribution in [2.45, 2.75) is 12.8 Å². The summed E-state index contributed by atoms with van der Waals surface area (Å²) in [7, 11) is 2.04. The van der Waals surface area contributed by atoms with E-state index in [1.165, 1.54) is 17.8 Å². The van der Waals surface area contributed by atoms with Gasteiger partial charge in [-0.25, -0.2) is 4.79 Å². The minimum absolute atomic E-state index is 0.144. The Hall–Kier alpha value is -3.54. The number of carbonyl (C=O) groups is 1. The van der Waals surface area contributed by atoms with Gasteiger partial charge < -0.3 is 20.1 Å². The van der Waals surface area contributed by atoms with Crippen LogP contribution in [0.3, 0.4) is 0 Å². The Morgan fingerprint density at radius 3 is 2.72 bits per heavy atom. The number of aromatic nitrogens is 1. The SMILES string of the molecule is Cc1ccc(N(C)c2ccc3c(c2)OCC3CNc2cnccc2C(=O)O)cc1. The fraction of sp³-hybridized carbons (Fsp3) is 0.217. The smallest absolute Gasteiger partial charge is 0.337 e. The van der Waals surface area contributed by atoms with Crippen molar-refractivity contribution in [1.29, 1.82) is 0 Å². The van der Waals surface area contributed by atoms with Crippen LogP contribution in [0, 0.1) is 6.92 Å². The molecular weight excluding hydrogens is 366 g/mol. The number of carboxylic acid groups (broad SMARTS) is 1. The highest BCUT2D eigenvalue weighted by Gasteiger charge is 2.25. The highest BCUT2D eigenvalue weighted by atomic mass is 16.5. The molecule has 148 valence electrons. The normalized spacial score (nSPS) is 14.8. The summed E-state index contributed by atoms with van der Waals surface area (Å²) in [5.41, 5.74) is 5.26. The van der Waals surface area contributed by atoms with Crippen LogP contribution in [0.2, 0.25) is 0 Å². The Balaban J connectivity index is 1.49. The number of nitrogens with one attached hydrogen (secondary N) is 1. The number of aryl methyl sites for hydroxylation is 1. The number of pyridine rings is 1. The summed E-state index contributed by atoms with van der Waals surface area (Å²) >= 11 is 0. The second kappa shape index (κ2) is 7.83. The average Bonchev–Trinajstić information content (AvgIpc) is 3.14. The standard InChI is InChI=1S/C23H23N3O3/c1-15-3-5-17(6-4-15)26(2)18-7-8-19-16(14-29-22(19)11-18)12-25-21-13-24-10-9-20(21)23(27)28/h3-11,13,16,25H,12,14H2,1-2H3,(H,27,28). The topological polar surface area (TPSA) is 74.7 Å². The number of aromatic carboxylic acids is 1. The van der Waals surface area contributed by atoms with E-state index in [-0.39, 0.29) is 11.5 Å². The lowest BCUT2D eigenvalue weighted by atomic mass is 10.0. The van der Waals surface area contributed by atoms with Crippen molar-refractivity contribution in [3.63, 3.8) is 0 Å². The average molecular weight is 389 g/mol. The maximum atomic E-state index is 11.4. The summed E-state index contributed by atoms with van der Waals surface area (Å²) < 4.78 is 5.92. The number of fused-ring (bicyclic) bond motifs is 1. The second-order valence-corrected chi connectivity index (χ2v) is 7.23. The Morgan fingerprint density at radius 1 is 1.21 bits per heavy atom. The van der Waals surface area contributed by atoms with E-state index in [4.69, 9.17) is 4.74 Å². The molecular formula is C23H23N3O3. The predicted molar refractivity (Wildman–Crippen MR) is 114 cm³/mol. The molecule has 1 atom stereocenters. The largest absolute Gasteiger partial charge is 0.493 e. The van der Waals surface area contributed by atoms with E-state index in [1.807, 2.05) is 7.05 Å². The van der Waals surface area contributed by atoms with Crippen molar-refractivity contribution < 1.29 is 14.6 Å². The fourth-order valence-corrected chi connectivity index (χ4v) is 3.52. The Morgan fingerprint density at radius 2 is 1.97 bits per heavy atom. The van der Waals surface area contributed by atoms with Gasteiger partial charge in [-0.05, 0) is 31.2 Å². The quantitative estimate of drug-likeness (QED) is 0.649. The van der Waals surface area contributed by atoms with E-state index in [9.17, 15) is 9.90 Å². The summed E-state index contributed by atoms with van der Waals surface area (Å²) in [5.74, 6) is 0.0465. The summed E-state index contributed by atoms with van der Waals surface area (Å²) in [6, 6.07) is 16.1. The number of nitrogens with zero attached hydrogens (tertiary/aromatic N) is 2. The first kappa shape index (κ1) is 18.8. The maximum Gasteiger partial charge on any atom is 0.337 e. The number of hydrogen-bond acceptors (Lipinski definition) is 5. The van der Waals surface area contributed by atoms with Gasteiger partial charge in [0.2, 0.25) is 0 Å². The first-order chi connectivity index (χ1) is 14.0. The molecule has 1 unspecified atom stereocenters. The number of carboxylic acids is 1. The molecule has 2 N–H and O–H groups in total. The van der Waals surface area contributed by atoms with Gasteiger partial charge in [0.15, 0.2) is 0 Å². The molecule has 2 heterocycles. The summed E-state index contributed by atoms with van der Waals surface area (Å²) in [4.78, 5) is 17.5. The molecule has 6 heteroatoms. The van der Waals surface area contributed by atoms with Crippen LogP contribution in [-0.2, 0) is 0 Å². The zero-order valence-corrected chi connectivity index (χ0v) is 16.4. The molecule has 0 radical (unpaired) electrons. The highest BCUT2D eigenvalue weighted by Crippen LogP contribution is 2.38. The minimum Gasteiger partial charge on any atom is -0.493 e. The van der Waals surface area contributed by atoms with Crippen LogP contribution in [0.5, 0.6) is 5.75 Å². The van der Waals surface area contributed by atoms with Gasteiger partial charge in [0.25, 0.3) is 0 Å². The molecule has 1 aliphatic rings. The zero-order chi connectivity index (χ0) is 20.4. The van der Waals surface area contributed by atoms with Gasteiger partial charge in [-0.1, -0.05) is 23.8 Å². The fourth-order valence-electron chi connectivity index (χ4n) is 3.52. The van der Waals surface area contributed by atoms with Crippen molar-refractivity contribution in [1.82, 2.24) is 4.98 Å². The van der Waals surface area contributed by atoms with Gasteiger partial charge >= 0.3 is 5.97 Å². The Kier molecular flexibility index (Phi) is 5.08. The number of ether oxygens (including phenoxy) is 1. The van der Waals surface area contributed by atoms with Crippen molar-refractivity contribution >= 4 is 23.0 Å². The molecule has 1 aliphatic heterocycles. The first-order valence-electron chi connectivity index (χ1n) is 9.51. The Labute approximate surface area is 169 Å². The highest BCUT2D eigenvalue weighted by molar-refractivity contribution is 5.93. The third kappa shape index (κ3) is 3.87. The van der Waals surface area contributed by atoms with Crippen LogP contribution in [0.15, 0.2) is 60.9 Å². The summed E-state index contributed by atoms with van der Waals surface area (Å²) in [6.45, 7) is 3.21. The molecule has 0 fully saturated rings. The van der Waals surface area contributed by atoms with Gasteiger partial charge in [0, 0.05) is 48.7 Å². The van der Waals surface area contributed by atoms with Crippen molar-refractivity contribution in [2.75, 3.05) is 30.4 Å². The lowest BCUT2D eigenvalue weighted by Gasteiger charge is -2.20. The lowest BCUT2D eigenvalue weighted by molar-refractivity contribution is 0.0698. The van der Waals surface area contributed by atoms with Crippen molar-refractivity contribution in [3.8, 4) is 5.75 Å². The number of anilines is 3. The third-order valence-corrected chi connectivity index (χ3v) is 5.28. The maximum absolute atomic E-state index is 11.4. The molecule has 0 saturated heterocycles. The molecule has 2 aromatic carbocycles. The van der Waals surface area contributed by atoms with Crippen molar-refractivity contribution in [2.24, 2.45) is 0 Å². The zero-order valence-electron chi connectivity index (χ0n) is 16.4. The molecule has 0 aliphatic carbocycles. The second-order valence-electron chi connectivity index (χ2n) is 7.23. The molecule has 3 aromatic rings. The van der Waals surface area contributed by atoms with E-state index < -0.39 is 5.97 Å². The van der Waals surface area contributed by atoms with Crippen LogP contribution in [-0.4, -0.2) is 36.3 Å². The molecule has 0 spiro atoms.